The smallest absolute Gasteiger partial charge is 0.0352 e. The van der Waals surface area contributed by atoms with Gasteiger partial charge in [-0.25, -0.2) is 0 Å². The van der Waals surface area contributed by atoms with Crippen LogP contribution in [-0.2, 0) is 6.42 Å². The second-order valence-corrected chi connectivity index (χ2v) is 4.37. The number of hydrogen-bond donors (Lipinski definition) is 1. The normalized spacial score (nSPS) is 10.4. The fraction of sp³-hybridized carbons (Fsp3) is 0.200. The van der Waals surface area contributed by atoms with Crippen LogP contribution in [0.2, 0.25) is 0 Å². The first kappa shape index (κ1) is 10.7. The summed E-state index contributed by atoms with van der Waals surface area (Å²) >= 11 is 0. The highest BCUT2D eigenvalue weighted by Crippen LogP contribution is 2.18. The molecule has 2 rings (SSSR count). The first-order valence-corrected chi connectivity index (χ1v) is 5.56. The molecule has 0 aromatic heterocycles. The Balaban J connectivity index is 2.27. The van der Waals surface area contributed by atoms with Crippen LogP contribution in [0.15, 0.2) is 42.5 Å². The van der Waals surface area contributed by atoms with Gasteiger partial charge in [0.25, 0.3) is 0 Å². The third-order valence-electron chi connectivity index (χ3n) is 2.78. The fourth-order valence-electron chi connectivity index (χ4n) is 1.92. The Morgan fingerprint density at radius 2 is 1.69 bits per heavy atom. The van der Waals surface area contributed by atoms with Gasteiger partial charge in [0, 0.05) is 5.69 Å². The van der Waals surface area contributed by atoms with E-state index >= 15 is 0 Å². The van der Waals surface area contributed by atoms with Gasteiger partial charge in [-0.05, 0) is 43.0 Å². The van der Waals surface area contributed by atoms with E-state index in [9.17, 15) is 0 Å². The lowest BCUT2D eigenvalue weighted by Gasteiger charge is -2.07. The lowest BCUT2D eigenvalue weighted by atomic mass is 10.0. The summed E-state index contributed by atoms with van der Waals surface area (Å²) in [5.74, 6) is 0. The van der Waals surface area contributed by atoms with Crippen molar-refractivity contribution in [2.75, 3.05) is 5.73 Å². The first-order chi connectivity index (χ1) is 7.65. The average molecular weight is 211 g/mol. The Labute approximate surface area is 96.9 Å². The first-order valence-electron chi connectivity index (χ1n) is 5.56. The van der Waals surface area contributed by atoms with Crippen LogP contribution >= 0.6 is 0 Å². The zero-order valence-corrected chi connectivity index (χ0v) is 9.83. The van der Waals surface area contributed by atoms with Gasteiger partial charge in [0.15, 0.2) is 0 Å². The molecular formula is C15H17N. The molecule has 0 atom stereocenters. The molecule has 0 bridgehead atoms. The Kier molecular flexibility index (Phi) is 2.95. The van der Waals surface area contributed by atoms with Crippen LogP contribution in [-0.4, -0.2) is 0 Å². The Morgan fingerprint density at radius 3 is 2.38 bits per heavy atom. The zero-order valence-electron chi connectivity index (χ0n) is 9.83. The third-order valence-corrected chi connectivity index (χ3v) is 2.78. The summed E-state index contributed by atoms with van der Waals surface area (Å²) in [5.41, 5.74) is 11.9. The van der Waals surface area contributed by atoms with E-state index in [0.717, 1.165) is 12.1 Å². The second kappa shape index (κ2) is 4.40. The fourth-order valence-corrected chi connectivity index (χ4v) is 1.92. The topological polar surface area (TPSA) is 26.0 Å². The predicted molar refractivity (Wildman–Crippen MR) is 69.6 cm³/mol. The highest BCUT2D eigenvalue weighted by Gasteiger charge is 2.01. The van der Waals surface area contributed by atoms with Crippen molar-refractivity contribution in [1.29, 1.82) is 0 Å². The summed E-state index contributed by atoms with van der Waals surface area (Å²) in [5, 5.41) is 0. The average Bonchev–Trinajstić information content (AvgIpc) is 2.22. The van der Waals surface area contributed by atoms with E-state index in [-0.39, 0.29) is 0 Å². The largest absolute Gasteiger partial charge is 0.398 e. The summed E-state index contributed by atoms with van der Waals surface area (Å²) < 4.78 is 0. The van der Waals surface area contributed by atoms with Crippen LogP contribution in [0.25, 0.3) is 0 Å². The molecule has 0 aliphatic heterocycles. The number of hydrogen-bond acceptors (Lipinski definition) is 1. The lowest BCUT2D eigenvalue weighted by molar-refractivity contribution is 1.18. The van der Waals surface area contributed by atoms with Crippen molar-refractivity contribution in [2.45, 2.75) is 20.3 Å². The van der Waals surface area contributed by atoms with Crippen molar-refractivity contribution in [2.24, 2.45) is 0 Å². The van der Waals surface area contributed by atoms with Gasteiger partial charge in [-0.15, -0.1) is 0 Å². The molecule has 0 spiro atoms. The highest BCUT2D eigenvalue weighted by molar-refractivity contribution is 5.50. The summed E-state index contributed by atoms with van der Waals surface area (Å²) in [4.78, 5) is 0. The monoisotopic (exact) mass is 211 g/mol. The van der Waals surface area contributed by atoms with Crippen LogP contribution in [0.5, 0.6) is 0 Å². The minimum atomic E-state index is 0.890. The minimum Gasteiger partial charge on any atom is -0.398 e. The molecule has 0 saturated heterocycles. The van der Waals surface area contributed by atoms with E-state index in [2.05, 4.69) is 50.2 Å². The number of aryl methyl sites for hydroxylation is 2. The van der Waals surface area contributed by atoms with Crippen molar-refractivity contribution in [3.8, 4) is 0 Å². The van der Waals surface area contributed by atoms with Crippen molar-refractivity contribution >= 4 is 5.69 Å². The second-order valence-electron chi connectivity index (χ2n) is 4.37. The number of nitrogens with two attached hydrogens (primary N) is 1. The van der Waals surface area contributed by atoms with Crippen LogP contribution in [0, 0.1) is 13.8 Å². The molecule has 0 aliphatic carbocycles. The zero-order chi connectivity index (χ0) is 11.5. The number of rotatable bonds is 2. The molecule has 1 nitrogen and oxygen atoms in total. The van der Waals surface area contributed by atoms with E-state index in [0.29, 0.717) is 0 Å². The maximum Gasteiger partial charge on any atom is 0.0352 e. The van der Waals surface area contributed by atoms with E-state index in [1.807, 2.05) is 6.07 Å². The molecule has 2 aromatic carbocycles. The number of benzene rings is 2. The molecule has 0 heterocycles. The Bertz CT molecular complexity index is 501. The lowest BCUT2D eigenvalue weighted by Crippen LogP contribution is -1.96. The van der Waals surface area contributed by atoms with Crippen LogP contribution < -0.4 is 5.73 Å². The maximum atomic E-state index is 6.01. The van der Waals surface area contributed by atoms with Gasteiger partial charge >= 0.3 is 0 Å². The van der Waals surface area contributed by atoms with Crippen molar-refractivity contribution in [3.63, 3.8) is 0 Å². The molecule has 1 heteroatoms. The van der Waals surface area contributed by atoms with Crippen LogP contribution in [0.3, 0.4) is 0 Å². The molecule has 0 saturated carbocycles. The molecule has 16 heavy (non-hydrogen) atoms. The van der Waals surface area contributed by atoms with Gasteiger partial charge in [-0.1, -0.05) is 42.0 Å². The molecular weight excluding hydrogens is 194 g/mol. The van der Waals surface area contributed by atoms with Gasteiger partial charge in [-0.3, -0.25) is 0 Å². The van der Waals surface area contributed by atoms with Gasteiger partial charge < -0.3 is 5.73 Å². The summed E-state index contributed by atoms with van der Waals surface area (Å²) in [6.07, 6.45) is 0.911. The third kappa shape index (κ3) is 2.43. The van der Waals surface area contributed by atoms with Crippen LogP contribution in [0.1, 0.15) is 22.3 Å². The molecule has 82 valence electrons. The highest BCUT2D eigenvalue weighted by atomic mass is 14.6. The predicted octanol–water partition coefficient (Wildman–Crippen LogP) is 3.48. The molecule has 0 fully saturated rings. The molecule has 0 amide bonds. The molecule has 2 aromatic rings. The van der Waals surface area contributed by atoms with E-state index in [4.69, 9.17) is 5.73 Å². The minimum absolute atomic E-state index is 0.890. The van der Waals surface area contributed by atoms with Crippen molar-refractivity contribution in [3.05, 3.63) is 64.7 Å². The maximum absolute atomic E-state index is 6.01. The van der Waals surface area contributed by atoms with Gasteiger partial charge in [0.2, 0.25) is 0 Å². The molecule has 2 N–H and O–H groups in total. The van der Waals surface area contributed by atoms with Gasteiger partial charge in [0.05, 0.1) is 0 Å². The van der Waals surface area contributed by atoms with E-state index in [1.165, 1.54) is 22.3 Å². The van der Waals surface area contributed by atoms with Gasteiger partial charge in [0.1, 0.15) is 0 Å². The van der Waals surface area contributed by atoms with E-state index < -0.39 is 0 Å². The molecule has 0 unspecified atom stereocenters. The van der Waals surface area contributed by atoms with Crippen molar-refractivity contribution in [1.82, 2.24) is 0 Å². The van der Waals surface area contributed by atoms with E-state index in [1.54, 1.807) is 0 Å². The quantitative estimate of drug-likeness (QED) is 0.756. The van der Waals surface area contributed by atoms with Crippen LogP contribution in [0.4, 0.5) is 5.69 Å². The molecule has 0 aliphatic rings. The number of nitrogen functional groups attached to an aromatic ring is 1. The van der Waals surface area contributed by atoms with Crippen molar-refractivity contribution < 1.29 is 0 Å². The Morgan fingerprint density at radius 1 is 0.938 bits per heavy atom. The summed E-state index contributed by atoms with van der Waals surface area (Å²) in [6, 6.07) is 14.8. The summed E-state index contributed by atoms with van der Waals surface area (Å²) in [7, 11) is 0. The molecule has 0 radical (unpaired) electrons. The van der Waals surface area contributed by atoms with Gasteiger partial charge in [-0.2, -0.15) is 0 Å². The Hall–Kier alpha value is -1.76. The SMILES string of the molecule is Cc1cccc(Cc2ccc(C)cc2N)c1. The standard InChI is InChI=1S/C15H17N/c1-11-4-3-5-13(8-11)10-14-7-6-12(2)9-15(14)16/h3-9H,10,16H2,1-2H3. The number of anilines is 1. The summed E-state index contributed by atoms with van der Waals surface area (Å²) in [6.45, 7) is 4.18.